The molecule has 0 fully saturated rings. The van der Waals surface area contributed by atoms with Gasteiger partial charge in [0.2, 0.25) is 0 Å². The fourth-order valence-electron chi connectivity index (χ4n) is 3.13. The molecule has 4 rings (SSSR count). The van der Waals surface area contributed by atoms with E-state index in [0.29, 0.717) is 19.6 Å². The second kappa shape index (κ2) is 8.75. The molecule has 0 saturated carbocycles. The van der Waals surface area contributed by atoms with E-state index >= 15 is 0 Å². The number of thiophene rings is 1. The van der Waals surface area contributed by atoms with Gasteiger partial charge in [-0.25, -0.2) is 9.78 Å². The molecular weight excluding hydrogens is 372 g/mol. The summed E-state index contributed by atoms with van der Waals surface area (Å²) in [6.45, 7) is 2.42. The highest BCUT2D eigenvalue weighted by molar-refractivity contribution is 7.09. The predicted molar refractivity (Wildman–Crippen MR) is 110 cm³/mol. The summed E-state index contributed by atoms with van der Waals surface area (Å²) in [4.78, 5) is 20.1. The highest BCUT2D eigenvalue weighted by atomic mass is 32.1. The van der Waals surface area contributed by atoms with Gasteiger partial charge in [-0.1, -0.05) is 18.2 Å². The van der Waals surface area contributed by atoms with Crippen molar-refractivity contribution in [2.45, 2.75) is 26.1 Å². The van der Waals surface area contributed by atoms with Crippen molar-refractivity contribution in [2.75, 3.05) is 6.54 Å². The number of urea groups is 1. The lowest BCUT2D eigenvalue weighted by atomic mass is 10.3. The third kappa shape index (κ3) is 4.43. The zero-order valence-corrected chi connectivity index (χ0v) is 16.3. The fraction of sp³-hybridized carbons (Fsp3) is 0.238. The minimum Gasteiger partial charge on any atom is -0.467 e. The van der Waals surface area contributed by atoms with Crippen LogP contribution in [0.15, 0.2) is 70.9 Å². The Morgan fingerprint density at radius 1 is 1.14 bits per heavy atom. The zero-order valence-electron chi connectivity index (χ0n) is 15.5. The highest BCUT2D eigenvalue weighted by Gasteiger charge is 2.16. The molecule has 3 heterocycles. The minimum atomic E-state index is -0.0831. The maximum Gasteiger partial charge on any atom is 0.318 e. The molecule has 0 atom stereocenters. The predicted octanol–water partition coefficient (Wildman–Crippen LogP) is 4.49. The van der Waals surface area contributed by atoms with Crippen LogP contribution in [0.1, 0.15) is 17.1 Å². The Hall–Kier alpha value is -3.06. The van der Waals surface area contributed by atoms with Crippen LogP contribution >= 0.6 is 11.3 Å². The summed E-state index contributed by atoms with van der Waals surface area (Å²) in [6.07, 6.45) is 4.32. The average Bonchev–Trinajstić information content (AvgIpc) is 3.47. The van der Waals surface area contributed by atoms with Gasteiger partial charge >= 0.3 is 6.03 Å². The van der Waals surface area contributed by atoms with Crippen molar-refractivity contribution >= 4 is 28.4 Å². The first-order chi connectivity index (χ1) is 13.8. The van der Waals surface area contributed by atoms with Crippen molar-refractivity contribution in [3.63, 3.8) is 0 Å². The van der Waals surface area contributed by atoms with Crippen LogP contribution in [0.2, 0.25) is 0 Å². The second-order valence-electron chi connectivity index (χ2n) is 6.53. The number of imidazole rings is 1. The summed E-state index contributed by atoms with van der Waals surface area (Å²) >= 11 is 1.65. The molecule has 1 N–H and O–H groups in total. The summed E-state index contributed by atoms with van der Waals surface area (Å²) < 4.78 is 7.54. The second-order valence-corrected chi connectivity index (χ2v) is 7.56. The van der Waals surface area contributed by atoms with E-state index < -0.39 is 0 Å². The maximum atomic E-state index is 12.7. The Labute approximate surface area is 167 Å². The number of benzene rings is 1. The van der Waals surface area contributed by atoms with E-state index in [0.717, 1.165) is 34.6 Å². The smallest absolute Gasteiger partial charge is 0.318 e. The summed E-state index contributed by atoms with van der Waals surface area (Å²) in [7, 11) is 0. The van der Waals surface area contributed by atoms with Gasteiger partial charge < -0.3 is 19.2 Å². The van der Waals surface area contributed by atoms with Gasteiger partial charge in [0.1, 0.15) is 5.76 Å². The van der Waals surface area contributed by atoms with Crippen LogP contribution in [0.25, 0.3) is 11.0 Å². The van der Waals surface area contributed by atoms with Crippen LogP contribution in [0, 0.1) is 0 Å². The van der Waals surface area contributed by atoms with E-state index in [9.17, 15) is 4.79 Å². The lowest BCUT2D eigenvalue weighted by molar-refractivity contribution is 0.187. The van der Waals surface area contributed by atoms with Crippen LogP contribution in [0.5, 0.6) is 0 Å². The lowest BCUT2D eigenvalue weighted by Gasteiger charge is -2.21. The third-order valence-corrected chi connectivity index (χ3v) is 5.38. The van der Waals surface area contributed by atoms with Gasteiger partial charge in [-0.3, -0.25) is 0 Å². The summed E-state index contributed by atoms with van der Waals surface area (Å²) in [6, 6.07) is 15.7. The van der Waals surface area contributed by atoms with Gasteiger partial charge in [-0.15, -0.1) is 11.3 Å². The molecule has 3 aromatic heterocycles. The molecule has 0 unspecified atom stereocenters. The van der Waals surface area contributed by atoms with E-state index in [4.69, 9.17) is 4.42 Å². The van der Waals surface area contributed by atoms with Gasteiger partial charge in [0.25, 0.3) is 0 Å². The first kappa shape index (κ1) is 18.3. The number of nitrogens with one attached hydrogen (secondary N) is 1. The molecule has 0 saturated heterocycles. The molecule has 0 spiro atoms. The molecule has 7 heteroatoms. The molecule has 2 amide bonds. The largest absolute Gasteiger partial charge is 0.467 e. The number of aromatic nitrogens is 2. The number of furan rings is 1. The number of nitrogens with zero attached hydrogens (tertiary/aromatic N) is 3. The molecule has 0 bridgehead atoms. The van der Waals surface area contributed by atoms with Crippen molar-refractivity contribution < 1.29 is 9.21 Å². The van der Waals surface area contributed by atoms with Crippen LogP contribution in [-0.2, 0) is 19.6 Å². The SMILES string of the molecule is O=C(NCCCn1cnc2ccccc21)N(Cc1ccco1)Cc1cccs1. The van der Waals surface area contributed by atoms with Gasteiger partial charge in [0, 0.05) is 18.0 Å². The summed E-state index contributed by atoms with van der Waals surface area (Å²) in [5, 5.41) is 5.06. The van der Waals surface area contributed by atoms with Gasteiger partial charge in [-0.05, 0) is 42.1 Å². The normalized spacial score (nSPS) is 11.0. The van der Waals surface area contributed by atoms with Crippen molar-refractivity contribution in [1.29, 1.82) is 0 Å². The van der Waals surface area contributed by atoms with Crippen LogP contribution in [0.3, 0.4) is 0 Å². The maximum absolute atomic E-state index is 12.7. The monoisotopic (exact) mass is 394 g/mol. The Balaban J connectivity index is 1.32. The minimum absolute atomic E-state index is 0.0831. The third-order valence-electron chi connectivity index (χ3n) is 4.52. The van der Waals surface area contributed by atoms with E-state index in [1.165, 1.54) is 0 Å². The topological polar surface area (TPSA) is 63.3 Å². The molecule has 1 aromatic carbocycles. The Bertz CT molecular complexity index is 972. The number of carbonyl (C=O) groups excluding carboxylic acids is 1. The van der Waals surface area contributed by atoms with Gasteiger partial charge in [-0.2, -0.15) is 0 Å². The van der Waals surface area contributed by atoms with Gasteiger partial charge in [0.05, 0.1) is 36.7 Å². The van der Waals surface area contributed by atoms with Crippen molar-refractivity contribution in [2.24, 2.45) is 0 Å². The average molecular weight is 395 g/mol. The molecular formula is C21H22N4O2S. The Morgan fingerprint density at radius 3 is 2.89 bits per heavy atom. The highest BCUT2D eigenvalue weighted by Crippen LogP contribution is 2.15. The fourth-order valence-corrected chi connectivity index (χ4v) is 3.85. The van der Waals surface area contributed by atoms with E-state index in [1.54, 1.807) is 22.5 Å². The molecule has 28 heavy (non-hydrogen) atoms. The number of hydrogen-bond donors (Lipinski definition) is 1. The molecule has 0 radical (unpaired) electrons. The van der Waals surface area contributed by atoms with E-state index in [1.807, 2.05) is 54.2 Å². The molecule has 0 aliphatic carbocycles. The number of rotatable bonds is 8. The molecule has 0 aliphatic heterocycles. The Kier molecular flexibility index (Phi) is 5.72. The number of carbonyl (C=O) groups is 1. The number of hydrogen-bond acceptors (Lipinski definition) is 4. The summed E-state index contributed by atoms with van der Waals surface area (Å²) in [5.74, 6) is 0.775. The first-order valence-corrected chi connectivity index (χ1v) is 10.1. The molecule has 0 aliphatic rings. The molecule has 144 valence electrons. The number of amides is 2. The lowest BCUT2D eigenvalue weighted by Crippen LogP contribution is -2.39. The number of para-hydroxylation sites is 2. The van der Waals surface area contributed by atoms with Crippen molar-refractivity contribution in [3.05, 3.63) is 77.1 Å². The zero-order chi connectivity index (χ0) is 19.2. The van der Waals surface area contributed by atoms with Crippen LogP contribution in [-0.4, -0.2) is 27.0 Å². The quantitative estimate of drug-likeness (QED) is 0.448. The standard InChI is InChI=1S/C21H22N4O2S/c26-21(22-10-5-11-24-16-23-19-8-1-2-9-20(19)24)25(14-17-6-3-12-27-17)15-18-7-4-13-28-18/h1-4,6-9,12-13,16H,5,10-11,14-15H2,(H,22,26). The molecule has 4 aromatic rings. The van der Waals surface area contributed by atoms with Crippen LogP contribution < -0.4 is 5.32 Å². The summed E-state index contributed by atoms with van der Waals surface area (Å²) in [5.41, 5.74) is 2.11. The van der Waals surface area contributed by atoms with E-state index in [2.05, 4.69) is 20.9 Å². The van der Waals surface area contributed by atoms with Crippen molar-refractivity contribution in [1.82, 2.24) is 19.8 Å². The van der Waals surface area contributed by atoms with Gasteiger partial charge in [0.15, 0.2) is 0 Å². The van der Waals surface area contributed by atoms with Crippen molar-refractivity contribution in [3.8, 4) is 0 Å². The Morgan fingerprint density at radius 2 is 2.07 bits per heavy atom. The molecule has 6 nitrogen and oxygen atoms in total. The number of fused-ring (bicyclic) bond motifs is 1. The van der Waals surface area contributed by atoms with E-state index in [-0.39, 0.29) is 6.03 Å². The van der Waals surface area contributed by atoms with Crippen LogP contribution in [0.4, 0.5) is 4.79 Å². The first-order valence-electron chi connectivity index (χ1n) is 9.27. The number of aryl methyl sites for hydroxylation is 1.